The zero-order chi connectivity index (χ0) is 18.0. The zero-order valence-corrected chi connectivity index (χ0v) is 15.7. The van der Waals surface area contributed by atoms with Crippen molar-refractivity contribution in [3.8, 4) is 0 Å². The molecule has 1 fully saturated rings. The SMILES string of the molecule is CC1(C)C(=O)N2Cc3ccsc3C(C(=O)c3ccccc3)=C2C1(C)C. The standard InChI is InChI=1S/C21H21NO2S/c1-20(2)18-15(16(23)13-8-6-5-7-9-13)17-14(10-11-25-17)12-22(18)19(24)21(20,3)4/h5-11H,12H2,1-4H3. The van der Waals surface area contributed by atoms with Gasteiger partial charge in [0.2, 0.25) is 5.91 Å². The molecule has 25 heavy (non-hydrogen) atoms. The first-order chi connectivity index (χ1) is 11.8. The van der Waals surface area contributed by atoms with Gasteiger partial charge in [0.1, 0.15) is 0 Å². The molecule has 0 radical (unpaired) electrons. The maximum Gasteiger partial charge on any atom is 0.233 e. The first-order valence-electron chi connectivity index (χ1n) is 8.50. The molecule has 1 saturated heterocycles. The number of allylic oxidation sites excluding steroid dienone is 2. The fraction of sp³-hybridized carbons (Fsp3) is 0.333. The molecule has 4 rings (SSSR count). The van der Waals surface area contributed by atoms with E-state index in [1.165, 1.54) is 0 Å². The predicted octanol–water partition coefficient (Wildman–Crippen LogP) is 4.75. The summed E-state index contributed by atoms with van der Waals surface area (Å²) in [5.74, 6) is 0.102. The van der Waals surface area contributed by atoms with Gasteiger partial charge in [0.15, 0.2) is 5.78 Å². The highest BCUT2D eigenvalue weighted by molar-refractivity contribution is 7.11. The van der Waals surface area contributed by atoms with Crippen LogP contribution in [0, 0.1) is 10.8 Å². The van der Waals surface area contributed by atoms with Gasteiger partial charge in [-0.3, -0.25) is 9.59 Å². The van der Waals surface area contributed by atoms with E-state index < -0.39 is 10.8 Å². The number of carbonyl (C=O) groups excluding carboxylic acids is 2. The van der Waals surface area contributed by atoms with Crippen molar-refractivity contribution in [2.45, 2.75) is 34.2 Å². The largest absolute Gasteiger partial charge is 0.310 e. The number of ketones is 1. The van der Waals surface area contributed by atoms with Crippen molar-refractivity contribution in [2.75, 3.05) is 0 Å². The zero-order valence-electron chi connectivity index (χ0n) is 14.9. The quantitative estimate of drug-likeness (QED) is 0.732. The molecule has 0 saturated carbocycles. The maximum atomic E-state index is 13.4. The van der Waals surface area contributed by atoms with E-state index >= 15 is 0 Å². The van der Waals surface area contributed by atoms with E-state index in [4.69, 9.17) is 0 Å². The normalized spacial score (nSPS) is 20.5. The van der Waals surface area contributed by atoms with Crippen LogP contribution in [0.15, 0.2) is 47.5 Å². The number of hydrogen-bond acceptors (Lipinski definition) is 3. The van der Waals surface area contributed by atoms with Gasteiger partial charge in [0.05, 0.1) is 17.5 Å². The lowest BCUT2D eigenvalue weighted by Crippen LogP contribution is -2.34. The molecule has 0 aliphatic carbocycles. The van der Waals surface area contributed by atoms with Crippen LogP contribution in [-0.4, -0.2) is 16.6 Å². The van der Waals surface area contributed by atoms with Gasteiger partial charge in [0, 0.05) is 21.6 Å². The third-order valence-corrected chi connectivity index (χ3v) is 6.98. The Hall–Kier alpha value is -2.20. The molecule has 0 bridgehead atoms. The molecule has 0 spiro atoms. The average Bonchev–Trinajstić information content (AvgIpc) is 3.11. The molecule has 3 heterocycles. The fourth-order valence-electron chi connectivity index (χ4n) is 3.84. The number of rotatable bonds is 2. The van der Waals surface area contributed by atoms with Crippen molar-refractivity contribution in [3.05, 3.63) is 63.5 Å². The second-order valence-electron chi connectivity index (χ2n) is 7.84. The van der Waals surface area contributed by atoms with Crippen LogP contribution < -0.4 is 0 Å². The topological polar surface area (TPSA) is 37.4 Å². The third-order valence-electron chi connectivity index (χ3n) is 6.01. The predicted molar refractivity (Wildman–Crippen MR) is 100 cm³/mol. The molecule has 128 valence electrons. The first kappa shape index (κ1) is 16.3. The van der Waals surface area contributed by atoms with E-state index in [2.05, 4.69) is 13.8 Å². The molecular formula is C21H21NO2S. The number of nitrogens with zero attached hydrogens (tertiary/aromatic N) is 1. The summed E-state index contributed by atoms with van der Waals surface area (Å²) >= 11 is 1.59. The van der Waals surface area contributed by atoms with Gasteiger partial charge >= 0.3 is 0 Å². The van der Waals surface area contributed by atoms with Gasteiger partial charge in [-0.15, -0.1) is 11.3 Å². The summed E-state index contributed by atoms with van der Waals surface area (Å²) in [6, 6.07) is 11.4. The van der Waals surface area contributed by atoms with E-state index in [0.29, 0.717) is 17.7 Å². The Morgan fingerprint density at radius 1 is 1.04 bits per heavy atom. The van der Waals surface area contributed by atoms with E-state index in [0.717, 1.165) is 16.1 Å². The van der Waals surface area contributed by atoms with Crippen molar-refractivity contribution < 1.29 is 9.59 Å². The highest BCUT2D eigenvalue weighted by Gasteiger charge is 2.58. The fourth-order valence-corrected chi connectivity index (χ4v) is 4.80. The maximum absolute atomic E-state index is 13.4. The van der Waals surface area contributed by atoms with Crippen LogP contribution in [0.4, 0.5) is 0 Å². The number of fused-ring (bicyclic) bond motifs is 2. The van der Waals surface area contributed by atoms with E-state index in [-0.39, 0.29) is 11.7 Å². The van der Waals surface area contributed by atoms with Crippen molar-refractivity contribution in [1.82, 2.24) is 4.90 Å². The lowest BCUT2D eigenvalue weighted by Gasteiger charge is -2.34. The number of benzene rings is 1. The molecule has 0 atom stereocenters. The van der Waals surface area contributed by atoms with Gasteiger partial charge in [-0.2, -0.15) is 0 Å². The Balaban J connectivity index is 2.02. The number of carbonyl (C=O) groups is 2. The Morgan fingerprint density at radius 2 is 1.72 bits per heavy atom. The third kappa shape index (κ3) is 2.04. The molecule has 2 aliphatic rings. The summed E-state index contributed by atoms with van der Waals surface area (Å²) < 4.78 is 0. The molecule has 3 nitrogen and oxygen atoms in total. The molecule has 4 heteroatoms. The van der Waals surface area contributed by atoms with Crippen LogP contribution in [0.2, 0.25) is 0 Å². The number of Topliss-reactive ketones (excluding diaryl/α,β-unsaturated/α-hetero) is 1. The van der Waals surface area contributed by atoms with Crippen LogP contribution in [0.25, 0.3) is 5.57 Å². The molecule has 0 N–H and O–H groups in total. The molecule has 1 aromatic heterocycles. The van der Waals surface area contributed by atoms with Gasteiger partial charge < -0.3 is 4.90 Å². The van der Waals surface area contributed by atoms with Gasteiger partial charge in [-0.25, -0.2) is 0 Å². The van der Waals surface area contributed by atoms with Crippen LogP contribution in [0.5, 0.6) is 0 Å². The lowest BCUT2D eigenvalue weighted by atomic mass is 9.67. The van der Waals surface area contributed by atoms with Gasteiger partial charge in [-0.05, 0) is 17.0 Å². The van der Waals surface area contributed by atoms with Crippen molar-refractivity contribution >= 4 is 28.6 Å². The first-order valence-corrected chi connectivity index (χ1v) is 9.38. The summed E-state index contributed by atoms with van der Waals surface area (Å²) in [6.07, 6.45) is 0. The van der Waals surface area contributed by atoms with E-state index in [1.54, 1.807) is 11.3 Å². The Bertz CT molecular complexity index is 918. The van der Waals surface area contributed by atoms with Crippen LogP contribution in [-0.2, 0) is 11.3 Å². The molecule has 1 amide bonds. The molecule has 2 aliphatic heterocycles. The van der Waals surface area contributed by atoms with E-state index in [9.17, 15) is 9.59 Å². The van der Waals surface area contributed by atoms with Crippen LogP contribution in [0.3, 0.4) is 0 Å². The minimum atomic E-state index is -0.543. The number of thiophene rings is 1. The Labute approximate surface area is 152 Å². The highest BCUT2D eigenvalue weighted by Crippen LogP contribution is 2.58. The van der Waals surface area contributed by atoms with Crippen LogP contribution >= 0.6 is 11.3 Å². The second kappa shape index (κ2) is 5.15. The van der Waals surface area contributed by atoms with Gasteiger partial charge in [0.25, 0.3) is 0 Å². The van der Waals surface area contributed by atoms with Gasteiger partial charge in [-0.1, -0.05) is 58.0 Å². The summed E-state index contributed by atoms with van der Waals surface area (Å²) in [7, 11) is 0. The number of amides is 1. The monoisotopic (exact) mass is 351 g/mol. The second-order valence-corrected chi connectivity index (χ2v) is 8.75. The highest BCUT2D eigenvalue weighted by atomic mass is 32.1. The summed E-state index contributed by atoms with van der Waals surface area (Å²) in [6.45, 7) is 8.69. The Morgan fingerprint density at radius 3 is 2.40 bits per heavy atom. The summed E-state index contributed by atoms with van der Waals surface area (Å²) in [4.78, 5) is 29.4. The van der Waals surface area contributed by atoms with Crippen molar-refractivity contribution in [3.63, 3.8) is 0 Å². The molecule has 2 aromatic rings. The van der Waals surface area contributed by atoms with Crippen LogP contribution in [0.1, 0.15) is 48.5 Å². The number of hydrogen-bond donors (Lipinski definition) is 0. The van der Waals surface area contributed by atoms with E-state index in [1.807, 2.05) is 60.5 Å². The summed E-state index contributed by atoms with van der Waals surface area (Å²) in [5, 5.41) is 2.01. The minimum absolute atomic E-state index is 0.00238. The molecular weight excluding hydrogens is 330 g/mol. The average molecular weight is 351 g/mol. The van der Waals surface area contributed by atoms with Crippen molar-refractivity contribution in [2.24, 2.45) is 10.8 Å². The molecule has 1 aromatic carbocycles. The molecule has 0 unspecified atom stereocenters. The minimum Gasteiger partial charge on any atom is -0.310 e. The Kier molecular flexibility index (Phi) is 3.35. The smallest absolute Gasteiger partial charge is 0.233 e. The summed E-state index contributed by atoms with van der Waals surface area (Å²) in [5.41, 5.74) is 2.36. The lowest BCUT2D eigenvalue weighted by molar-refractivity contribution is -0.136. The van der Waals surface area contributed by atoms with Crippen molar-refractivity contribution in [1.29, 1.82) is 0 Å².